The maximum Gasteiger partial charge on any atom is 0.273 e. The van der Waals surface area contributed by atoms with Gasteiger partial charge >= 0.3 is 0 Å². The van der Waals surface area contributed by atoms with E-state index in [1.807, 2.05) is 18.2 Å². The number of methoxy groups -OCH3 is 1. The number of rotatable bonds is 8. The van der Waals surface area contributed by atoms with Gasteiger partial charge in [-0.15, -0.1) is 0 Å². The van der Waals surface area contributed by atoms with Gasteiger partial charge in [0.2, 0.25) is 10.0 Å². The molecule has 1 spiro atoms. The first-order valence-corrected chi connectivity index (χ1v) is 15.6. The Labute approximate surface area is 242 Å². The fourth-order valence-corrected chi connectivity index (χ4v) is 8.59. The normalized spacial score (nSPS) is 19.5. The summed E-state index contributed by atoms with van der Waals surface area (Å²) in [6.07, 6.45) is 6.56. The zero-order chi connectivity index (χ0) is 28.2. The summed E-state index contributed by atoms with van der Waals surface area (Å²) in [5.41, 5.74) is 2.44. The summed E-state index contributed by atoms with van der Waals surface area (Å²) in [5.74, 6) is 1.77. The fourth-order valence-electron chi connectivity index (χ4n) is 6.44. The molecule has 2 aromatic carbocycles. The molecule has 40 heavy (non-hydrogen) atoms. The molecule has 2 aliphatic carbocycles. The van der Waals surface area contributed by atoms with Crippen molar-refractivity contribution in [2.45, 2.75) is 55.8 Å². The van der Waals surface area contributed by atoms with E-state index in [9.17, 15) is 18.5 Å². The number of halogens is 2. The topological polar surface area (TPSA) is 116 Å². The van der Waals surface area contributed by atoms with E-state index in [0.29, 0.717) is 40.5 Å². The second-order valence-corrected chi connectivity index (χ2v) is 13.9. The van der Waals surface area contributed by atoms with Crippen LogP contribution >= 0.6 is 23.2 Å². The van der Waals surface area contributed by atoms with E-state index in [0.717, 1.165) is 68.0 Å². The zero-order valence-electron chi connectivity index (χ0n) is 21.9. The summed E-state index contributed by atoms with van der Waals surface area (Å²) in [4.78, 5) is 10.5. The Kier molecular flexibility index (Phi) is 7.09. The van der Waals surface area contributed by atoms with Gasteiger partial charge in [-0.05, 0) is 74.5 Å². The average Bonchev–Trinajstić information content (AvgIpc) is 3.68. The van der Waals surface area contributed by atoms with Gasteiger partial charge in [-0.1, -0.05) is 34.4 Å². The number of hydrogen-bond donors (Lipinski definition) is 0. The van der Waals surface area contributed by atoms with Crippen LogP contribution in [-0.2, 0) is 16.4 Å². The van der Waals surface area contributed by atoms with Crippen molar-refractivity contribution in [2.24, 2.45) is 11.3 Å². The van der Waals surface area contributed by atoms with Gasteiger partial charge in [-0.2, -0.15) is 4.31 Å². The Balaban J connectivity index is 1.14. The largest absolute Gasteiger partial charge is 0.495 e. The molecule has 0 N–H and O–H groups in total. The van der Waals surface area contributed by atoms with Crippen LogP contribution in [0.2, 0.25) is 10.0 Å². The number of aromatic nitrogens is 1. The lowest BCUT2D eigenvalue weighted by atomic mass is 9.56. The van der Waals surface area contributed by atoms with E-state index in [1.165, 1.54) is 23.5 Å². The van der Waals surface area contributed by atoms with Crippen LogP contribution in [-0.4, -0.2) is 43.0 Å². The molecule has 3 aromatic rings. The van der Waals surface area contributed by atoms with Crippen molar-refractivity contribution in [3.05, 3.63) is 67.9 Å². The number of piperidine rings is 1. The quantitative estimate of drug-likeness (QED) is 0.203. The number of nitro benzene ring substituents is 1. The summed E-state index contributed by atoms with van der Waals surface area (Å²) >= 11 is 13.0. The van der Waals surface area contributed by atoms with Gasteiger partial charge in [0, 0.05) is 36.2 Å². The number of nitrogens with zero attached hydrogens (tertiary/aromatic N) is 3. The van der Waals surface area contributed by atoms with Crippen LogP contribution in [0.3, 0.4) is 0 Å². The lowest BCUT2D eigenvalue weighted by molar-refractivity contribution is -0.385. The second kappa shape index (κ2) is 10.3. The van der Waals surface area contributed by atoms with Crippen LogP contribution in [0.1, 0.15) is 55.8 Å². The molecule has 1 aromatic heterocycles. The number of benzene rings is 2. The van der Waals surface area contributed by atoms with Crippen molar-refractivity contribution in [1.82, 2.24) is 9.46 Å². The van der Waals surface area contributed by atoms with Gasteiger partial charge in [-0.3, -0.25) is 10.1 Å². The number of hydrogen-bond acceptors (Lipinski definition) is 7. The van der Waals surface area contributed by atoms with Crippen LogP contribution < -0.4 is 4.74 Å². The average molecular weight is 607 g/mol. The first kappa shape index (κ1) is 27.5. The molecule has 0 atom stereocenters. The predicted octanol–water partition coefficient (Wildman–Crippen LogP) is 6.87. The fraction of sp³-hybridized carbons (Fsp3) is 0.464. The monoisotopic (exact) mass is 605 g/mol. The van der Waals surface area contributed by atoms with Crippen LogP contribution in [0.4, 0.5) is 5.69 Å². The van der Waals surface area contributed by atoms with Gasteiger partial charge in [-0.25, -0.2) is 8.42 Å². The molecule has 0 amide bonds. The summed E-state index contributed by atoms with van der Waals surface area (Å²) in [5, 5.41) is 16.6. The maximum atomic E-state index is 13.4. The van der Waals surface area contributed by atoms with Gasteiger partial charge in [0.05, 0.1) is 28.1 Å². The SMILES string of the molecule is COc1cc([N+](=O)[O-])ccc1S(=O)(=O)N1CCC2(CC1)CC(Cc1c(-c3c(Cl)cccc3Cl)noc1C1CC1)C2. The summed E-state index contributed by atoms with van der Waals surface area (Å²) in [6, 6.07) is 9.04. The second-order valence-electron chi connectivity index (χ2n) is 11.2. The number of ether oxygens (including phenoxy) is 1. The molecule has 12 heteroatoms. The third kappa shape index (κ3) is 4.89. The van der Waals surface area contributed by atoms with E-state index < -0.39 is 14.9 Å². The van der Waals surface area contributed by atoms with Crippen molar-refractivity contribution < 1.29 is 22.6 Å². The molecular weight excluding hydrogens is 577 g/mol. The van der Waals surface area contributed by atoms with Crippen molar-refractivity contribution in [3.63, 3.8) is 0 Å². The highest BCUT2D eigenvalue weighted by atomic mass is 35.5. The Morgan fingerprint density at radius 1 is 1.15 bits per heavy atom. The molecular formula is C28H29Cl2N3O6S. The van der Waals surface area contributed by atoms with Gasteiger partial charge < -0.3 is 9.26 Å². The third-order valence-corrected chi connectivity index (χ3v) is 11.2. The minimum absolute atomic E-state index is 0.0205. The van der Waals surface area contributed by atoms with Crippen LogP contribution in [0.25, 0.3) is 11.3 Å². The summed E-state index contributed by atoms with van der Waals surface area (Å²) in [7, 11) is -2.54. The smallest absolute Gasteiger partial charge is 0.273 e. The van der Waals surface area contributed by atoms with Crippen molar-refractivity contribution >= 4 is 38.9 Å². The molecule has 0 radical (unpaired) electrons. The first-order valence-electron chi connectivity index (χ1n) is 13.4. The minimum Gasteiger partial charge on any atom is -0.495 e. The summed E-state index contributed by atoms with van der Waals surface area (Å²) < 4.78 is 39.3. The van der Waals surface area contributed by atoms with Crippen molar-refractivity contribution in [2.75, 3.05) is 20.2 Å². The Morgan fingerprint density at radius 2 is 1.82 bits per heavy atom. The van der Waals surface area contributed by atoms with Gasteiger partial charge in [0.15, 0.2) is 0 Å². The van der Waals surface area contributed by atoms with Crippen LogP contribution in [0.15, 0.2) is 45.8 Å². The molecule has 0 bridgehead atoms. The number of non-ortho nitro benzene ring substituents is 1. The molecule has 1 saturated heterocycles. The standard InChI is InChI=1S/C28H29Cl2N3O6S/c1-38-23-14-19(33(34)35)7-8-24(23)40(36,37)32-11-9-28(10-12-32)15-17(16-28)13-20-26(31-39-27(20)18-5-6-18)25-21(29)3-2-4-22(25)30/h2-4,7-8,14,17-18H,5-6,9-13,15-16H2,1H3. The molecule has 6 rings (SSSR count). The van der Waals surface area contributed by atoms with Crippen LogP contribution in [0.5, 0.6) is 5.75 Å². The van der Waals surface area contributed by atoms with E-state index in [1.54, 1.807) is 0 Å². The molecule has 212 valence electrons. The van der Waals surface area contributed by atoms with Crippen LogP contribution in [0, 0.1) is 21.4 Å². The highest BCUT2D eigenvalue weighted by Crippen LogP contribution is 2.56. The highest BCUT2D eigenvalue weighted by molar-refractivity contribution is 7.89. The van der Waals surface area contributed by atoms with E-state index in [4.69, 9.17) is 32.5 Å². The molecule has 2 heterocycles. The Hall–Kier alpha value is -2.66. The Bertz CT molecular complexity index is 1550. The first-order chi connectivity index (χ1) is 19.1. The number of nitro groups is 1. The molecule has 1 aliphatic heterocycles. The maximum absolute atomic E-state index is 13.4. The Morgan fingerprint density at radius 3 is 2.42 bits per heavy atom. The van der Waals surface area contributed by atoms with E-state index in [2.05, 4.69) is 5.16 Å². The highest BCUT2D eigenvalue weighted by Gasteiger charge is 2.48. The van der Waals surface area contributed by atoms with Gasteiger partial charge in [0.1, 0.15) is 22.1 Å². The van der Waals surface area contributed by atoms with E-state index >= 15 is 0 Å². The molecule has 0 unspecified atom stereocenters. The zero-order valence-corrected chi connectivity index (χ0v) is 24.3. The van der Waals surface area contributed by atoms with Gasteiger partial charge in [0.25, 0.3) is 5.69 Å². The molecule has 3 fully saturated rings. The molecule has 2 saturated carbocycles. The molecule has 9 nitrogen and oxygen atoms in total. The minimum atomic E-state index is -3.85. The summed E-state index contributed by atoms with van der Waals surface area (Å²) in [6.45, 7) is 0.798. The van der Waals surface area contributed by atoms with E-state index in [-0.39, 0.29) is 21.7 Å². The van der Waals surface area contributed by atoms with Crippen molar-refractivity contribution in [1.29, 1.82) is 0 Å². The molecule has 3 aliphatic rings. The number of sulfonamides is 1. The predicted molar refractivity (Wildman–Crippen MR) is 150 cm³/mol. The third-order valence-electron chi connectivity index (χ3n) is 8.66. The lowest BCUT2D eigenvalue weighted by Gasteiger charge is -2.52. The lowest BCUT2D eigenvalue weighted by Crippen LogP contribution is -2.49. The van der Waals surface area contributed by atoms with Crippen molar-refractivity contribution in [3.8, 4) is 17.0 Å².